The van der Waals surface area contributed by atoms with Crippen molar-refractivity contribution in [2.24, 2.45) is 5.92 Å². The van der Waals surface area contributed by atoms with Gasteiger partial charge in [0.1, 0.15) is 0 Å². The lowest BCUT2D eigenvalue weighted by Crippen LogP contribution is -2.40. The van der Waals surface area contributed by atoms with Crippen LogP contribution in [0, 0.1) is 5.92 Å². The molecule has 0 aliphatic heterocycles. The van der Waals surface area contributed by atoms with Crippen LogP contribution in [0.5, 0.6) is 0 Å². The molecule has 1 aliphatic rings. The summed E-state index contributed by atoms with van der Waals surface area (Å²) in [5.74, 6) is 0.144. The maximum Gasteiger partial charge on any atom is 0.411 e. The summed E-state index contributed by atoms with van der Waals surface area (Å²) >= 11 is 5.92. The van der Waals surface area contributed by atoms with Gasteiger partial charge in [-0.25, -0.2) is 4.79 Å². The Morgan fingerprint density at radius 3 is 2.38 bits per heavy atom. The van der Waals surface area contributed by atoms with E-state index in [1.165, 1.54) is 19.3 Å². The largest absolute Gasteiger partial charge is 0.429 e. The first-order valence-electron chi connectivity index (χ1n) is 6.10. The fourth-order valence-electron chi connectivity index (χ4n) is 1.93. The van der Waals surface area contributed by atoms with Crippen LogP contribution in [0.2, 0.25) is 0 Å². The van der Waals surface area contributed by atoms with Crippen LogP contribution >= 0.6 is 11.6 Å². The molecule has 0 aromatic rings. The molecule has 3 nitrogen and oxygen atoms in total. The van der Waals surface area contributed by atoms with E-state index in [0.29, 0.717) is 6.04 Å². The maximum atomic E-state index is 11.8. The van der Waals surface area contributed by atoms with Crippen LogP contribution in [0.1, 0.15) is 46.0 Å². The van der Waals surface area contributed by atoms with Crippen LogP contribution in [0.4, 0.5) is 4.79 Å². The quantitative estimate of drug-likeness (QED) is 0.713. The summed E-state index contributed by atoms with van der Waals surface area (Å²) in [7, 11) is 1.81. The number of carbonyl (C=O) groups is 1. The van der Waals surface area contributed by atoms with Gasteiger partial charge in [-0.3, -0.25) is 0 Å². The molecule has 1 unspecified atom stereocenters. The summed E-state index contributed by atoms with van der Waals surface area (Å²) < 4.78 is 5.18. The second kappa shape index (κ2) is 6.33. The Balaban J connectivity index is 2.40. The van der Waals surface area contributed by atoms with Crippen molar-refractivity contribution in [3.63, 3.8) is 0 Å². The molecule has 4 heteroatoms. The zero-order valence-electron chi connectivity index (χ0n) is 10.4. The van der Waals surface area contributed by atoms with Gasteiger partial charge >= 0.3 is 6.09 Å². The second-order valence-corrected chi connectivity index (χ2v) is 5.31. The third-order valence-corrected chi connectivity index (χ3v) is 3.74. The highest BCUT2D eigenvalue weighted by atomic mass is 35.5. The molecular weight excluding hydrogens is 226 g/mol. The molecule has 0 spiro atoms. The Hall–Kier alpha value is -0.440. The summed E-state index contributed by atoms with van der Waals surface area (Å²) in [6.07, 6.45) is 5.57. The summed E-state index contributed by atoms with van der Waals surface area (Å²) in [5.41, 5.74) is -0.529. The van der Waals surface area contributed by atoms with Gasteiger partial charge in [-0.05, 0) is 12.8 Å². The molecule has 0 radical (unpaired) electrons. The zero-order chi connectivity index (χ0) is 12.1. The summed E-state index contributed by atoms with van der Waals surface area (Å²) in [5, 5.41) is 0. The number of ether oxygens (including phenoxy) is 1. The van der Waals surface area contributed by atoms with Gasteiger partial charge in [0.2, 0.25) is 0 Å². The monoisotopic (exact) mass is 247 g/mol. The molecule has 1 atom stereocenters. The smallest absolute Gasteiger partial charge is 0.411 e. The molecule has 1 rings (SSSR count). The molecule has 0 aromatic carbocycles. The minimum Gasteiger partial charge on any atom is -0.429 e. The summed E-state index contributed by atoms with van der Waals surface area (Å²) in [6.45, 7) is 3.87. The first-order valence-corrected chi connectivity index (χ1v) is 6.53. The van der Waals surface area contributed by atoms with Gasteiger partial charge in [0.15, 0.2) is 5.56 Å². The summed E-state index contributed by atoms with van der Waals surface area (Å²) in [4.78, 5) is 13.5. The van der Waals surface area contributed by atoms with Crippen LogP contribution in [0.15, 0.2) is 0 Å². The Morgan fingerprint density at radius 1 is 1.31 bits per heavy atom. The molecule has 1 amide bonds. The lowest BCUT2D eigenvalue weighted by molar-refractivity contribution is 0.0662. The molecule has 16 heavy (non-hydrogen) atoms. The molecule has 1 saturated carbocycles. The lowest BCUT2D eigenvalue weighted by atomic mass is 9.95. The number of carbonyl (C=O) groups excluding carboxylic acids is 1. The Kier molecular flexibility index (Phi) is 5.39. The average Bonchev–Trinajstić information content (AvgIpc) is 2.28. The van der Waals surface area contributed by atoms with Gasteiger partial charge in [0.05, 0.1) is 0 Å². The lowest BCUT2D eigenvalue weighted by Gasteiger charge is -2.31. The number of hydrogen-bond acceptors (Lipinski definition) is 2. The zero-order valence-corrected chi connectivity index (χ0v) is 11.2. The van der Waals surface area contributed by atoms with E-state index in [1.807, 2.05) is 20.9 Å². The van der Waals surface area contributed by atoms with Crippen LogP contribution < -0.4 is 0 Å². The van der Waals surface area contributed by atoms with E-state index in [-0.39, 0.29) is 12.0 Å². The number of hydrogen-bond donors (Lipinski definition) is 0. The number of amides is 1. The van der Waals surface area contributed by atoms with Crippen LogP contribution in [0.25, 0.3) is 0 Å². The molecule has 0 N–H and O–H groups in total. The minimum absolute atomic E-state index is 0.144. The molecule has 0 heterocycles. The molecule has 94 valence electrons. The Labute approximate surface area is 103 Å². The van der Waals surface area contributed by atoms with E-state index in [2.05, 4.69) is 0 Å². The average molecular weight is 248 g/mol. The first kappa shape index (κ1) is 13.6. The normalized spacial score (nSPS) is 19.6. The van der Waals surface area contributed by atoms with Gasteiger partial charge in [-0.2, -0.15) is 0 Å². The molecule has 0 bridgehead atoms. The highest BCUT2D eigenvalue weighted by Crippen LogP contribution is 2.23. The van der Waals surface area contributed by atoms with Gasteiger partial charge in [0.25, 0.3) is 0 Å². The Morgan fingerprint density at radius 2 is 1.88 bits per heavy atom. The number of halogens is 1. The van der Waals surface area contributed by atoms with E-state index in [9.17, 15) is 4.79 Å². The van der Waals surface area contributed by atoms with E-state index < -0.39 is 5.56 Å². The molecule has 0 aromatic heterocycles. The minimum atomic E-state index is -0.529. The van der Waals surface area contributed by atoms with Crippen molar-refractivity contribution in [2.45, 2.75) is 57.6 Å². The van der Waals surface area contributed by atoms with Crippen molar-refractivity contribution in [1.82, 2.24) is 4.90 Å². The van der Waals surface area contributed by atoms with Gasteiger partial charge < -0.3 is 9.64 Å². The SMILES string of the molecule is CC(C)C(Cl)OC(=O)N(C)C1CCCCC1. The summed E-state index contributed by atoms with van der Waals surface area (Å²) in [6, 6.07) is 0.331. The van der Waals surface area contributed by atoms with Gasteiger partial charge in [-0.1, -0.05) is 44.7 Å². The predicted octanol–water partition coefficient (Wildman–Crippen LogP) is 3.61. The van der Waals surface area contributed by atoms with Gasteiger partial charge in [-0.15, -0.1) is 0 Å². The standard InChI is InChI=1S/C12H22ClNO2/c1-9(2)11(13)16-12(15)14(3)10-7-5-4-6-8-10/h9-11H,4-8H2,1-3H3. The van der Waals surface area contributed by atoms with Crippen molar-refractivity contribution in [3.8, 4) is 0 Å². The van der Waals surface area contributed by atoms with Crippen LogP contribution in [0.3, 0.4) is 0 Å². The molecule has 1 fully saturated rings. The third-order valence-electron chi connectivity index (χ3n) is 3.15. The van der Waals surface area contributed by atoms with Crippen molar-refractivity contribution in [2.75, 3.05) is 7.05 Å². The maximum absolute atomic E-state index is 11.8. The van der Waals surface area contributed by atoms with Crippen molar-refractivity contribution in [1.29, 1.82) is 0 Å². The third kappa shape index (κ3) is 3.85. The van der Waals surface area contributed by atoms with E-state index in [0.717, 1.165) is 12.8 Å². The van der Waals surface area contributed by atoms with Crippen molar-refractivity contribution in [3.05, 3.63) is 0 Å². The van der Waals surface area contributed by atoms with Crippen molar-refractivity contribution < 1.29 is 9.53 Å². The number of rotatable bonds is 3. The van der Waals surface area contributed by atoms with E-state index in [4.69, 9.17) is 16.3 Å². The number of nitrogens with zero attached hydrogens (tertiary/aromatic N) is 1. The van der Waals surface area contributed by atoms with Crippen molar-refractivity contribution >= 4 is 17.7 Å². The second-order valence-electron chi connectivity index (χ2n) is 4.88. The molecular formula is C12H22ClNO2. The fraction of sp³-hybridized carbons (Fsp3) is 0.917. The van der Waals surface area contributed by atoms with Crippen LogP contribution in [-0.2, 0) is 4.74 Å². The number of alkyl halides is 1. The highest BCUT2D eigenvalue weighted by Gasteiger charge is 2.25. The van der Waals surface area contributed by atoms with E-state index >= 15 is 0 Å². The first-order chi connectivity index (χ1) is 7.52. The molecule has 1 aliphatic carbocycles. The van der Waals surface area contributed by atoms with Crippen LogP contribution in [-0.4, -0.2) is 29.6 Å². The Bertz CT molecular complexity index is 227. The fourth-order valence-corrected chi connectivity index (χ4v) is 2.01. The highest BCUT2D eigenvalue weighted by molar-refractivity contribution is 6.20. The van der Waals surface area contributed by atoms with E-state index in [1.54, 1.807) is 4.90 Å². The topological polar surface area (TPSA) is 29.5 Å². The molecule has 0 saturated heterocycles. The van der Waals surface area contributed by atoms with Gasteiger partial charge in [0, 0.05) is 19.0 Å². The predicted molar refractivity (Wildman–Crippen MR) is 65.6 cm³/mol.